The highest BCUT2D eigenvalue weighted by molar-refractivity contribution is 6.29. The second-order valence-corrected chi connectivity index (χ2v) is 6.29. The first kappa shape index (κ1) is 15.3. The molecule has 0 aromatic carbocycles. The summed E-state index contributed by atoms with van der Waals surface area (Å²) in [6.07, 6.45) is 0.944. The minimum Gasteiger partial charge on any atom is -0.471 e. The normalized spacial score (nSPS) is 26.4. The summed E-state index contributed by atoms with van der Waals surface area (Å²) in [5.41, 5.74) is -0.353. The summed E-state index contributed by atoms with van der Waals surface area (Å²) < 4.78 is 25.1. The third-order valence-corrected chi connectivity index (χ3v) is 4.12. The van der Waals surface area contributed by atoms with Crippen molar-refractivity contribution in [3.63, 3.8) is 0 Å². The second kappa shape index (κ2) is 5.87. The Kier molecular flexibility index (Phi) is 4.08. The highest BCUT2D eigenvalue weighted by Crippen LogP contribution is 2.39. The van der Waals surface area contributed by atoms with Crippen LogP contribution in [0.4, 0.5) is 9.18 Å². The number of halogens is 2. The lowest BCUT2D eigenvalue weighted by atomic mass is 10.1. The first-order valence-electron chi connectivity index (χ1n) is 7.21. The molecule has 2 heterocycles. The van der Waals surface area contributed by atoms with Gasteiger partial charge in [-0.3, -0.25) is 0 Å². The molecule has 0 spiro atoms. The fraction of sp³-hybridized carbons (Fsp3) is 0.643. The van der Waals surface area contributed by atoms with E-state index in [2.05, 4.69) is 9.97 Å². The molecule has 6 nitrogen and oxygen atoms in total. The molecule has 1 amide bonds. The number of amides is 1. The molecular weight excluding hydrogens is 313 g/mol. The Morgan fingerprint density at radius 1 is 1.50 bits per heavy atom. The van der Waals surface area contributed by atoms with Crippen LogP contribution in [-0.2, 0) is 4.74 Å². The molecular formula is C14H17ClFN3O3. The van der Waals surface area contributed by atoms with Crippen LogP contribution in [0, 0.1) is 0 Å². The van der Waals surface area contributed by atoms with Crippen LogP contribution in [0.1, 0.15) is 26.2 Å². The van der Waals surface area contributed by atoms with Gasteiger partial charge in [0.15, 0.2) is 6.17 Å². The molecule has 1 aliphatic heterocycles. The van der Waals surface area contributed by atoms with Crippen molar-refractivity contribution in [1.29, 1.82) is 0 Å². The van der Waals surface area contributed by atoms with Crippen molar-refractivity contribution in [3.8, 4) is 5.88 Å². The summed E-state index contributed by atoms with van der Waals surface area (Å²) in [7, 11) is 0. The molecule has 2 fully saturated rings. The van der Waals surface area contributed by atoms with Crippen LogP contribution in [0.15, 0.2) is 12.4 Å². The molecule has 2 atom stereocenters. The molecule has 0 radical (unpaired) electrons. The molecule has 0 N–H and O–H groups in total. The predicted molar refractivity (Wildman–Crippen MR) is 76.7 cm³/mol. The van der Waals surface area contributed by atoms with Crippen molar-refractivity contribution < 1.29 is 18.7 Å². The summed E-state index contributed by atoms with van der Waals surface area (Å²) in [4.78, 5) is 21.0. The molecule has 1 saturated heterocycles. The number of piperidine rings is 1. The molecule has 0 unspecified atom stereocenters. The summed E-state index contributed by atoms with van der Waals surface area (Å²) in [5.74, 6) is 0.231. The summed E-state index contributed by atoms with van der Waals surface area (Å²) in [6.45, 7) is 2.23. The van der Waals surface area contributed by atoms with E-state index in [1.54, 1.807) is 0 Å². The number of nitrogens with zero attached hydrogens (tertiary/aromatic N) is 3. The number of aromatic nitrogens is 2. The minimum absolute atomic E-state index is 0.0433. The number of rotatable bonds is 3. The molecule has 0 bridgehead atoms. The van der Waals surface area contributed by atoms with Gasteiger partial charge in [-0.2, -0.15) is 0 Å². The lowest BCUT2D eigenvalue weighted by Gasteiger charge is -2.34. The van der Waals surface area contributed by atoms with Crippen LogP contribution in [0.25, 0.3) is 0 Å². The van der Waals surface area contributed by atoms with Gasteiger partial charge in [-0.25, -0.2) is 19.2 Å². The Morgan fingerprint density at radius 2 is 2.27 bits per heavy atom. The largest absolute Gasteiger partial charge is 0.471 e. The Labute approximate surface area is 132 Å². The van der Waals surface area contributed by atoms with E-state index in [9.17, 15) is 9.18 Å². The smallest absolute Gasteiger partial charge is 0.410 e. The molecule has 3 rings (SSSR count). The van der Waals surface area contributed by atoms with Gasteiger partial charge in [-0.1, -0.05) is 11.6 Å². The maximum absolute atomic E-state index is 14.2. The van der Waals surface area contributed by atoms with Gasteiger partial charge in [0.25, 0.3) is 0 Å². The second-order valence-electron chi connectivity index (χ2n) is 5.90. The first-order valence-corrected chi connectivity index (χ1v) is 7.59. The Hall–Kier alpha value is -1.63. The average Bonchev–Trinajstić information content (AvgIpc) is 3.18. The number of hydrogen-bond donors (Lipinski definition) is 0. The number of likely N-dealkylation sites (tertiary alicyclic amines) is 1. The van der Waals surface area contributed by atoms with Gasteiger partial charge >= 0.3 is 6.09 Å². The van der Waals surface area contributed by atoms with Crippen LogP contribution in [0.3, 0.4) is 0 Å². The average molecular weight is 330 g/mol. The van der Waals surface area contributed by atoms with Crippen molar-refractivity contribution in [2.24, 2.45) is 0 Å². The maximum Gasteiger partial charge on any atom is 0.410 e. The van der Waals surface area contributed by atoms with Gasteiger partial charge in [-0.15, -0.1) is 0 Å². The zero-order chi connectivity index (χ0) is 15.7. The van der Waals surface area contributed by atoms with Gasteiger partial charge < -0.3 is 14.4 Å². The summed E-state index contributed by atoms with van der Waals surface area (Å²) >= 11 is 5.74. The van der Waals surface area contributed by atoms with Gasteiger partial charge in [0.2, 0.25) is 5.88 Å². The van der Waals surface area contributed by atoms with Crippen LogP contribution in [0.5, 0.6) is 5.88 Å². The van der Waals surface area contributed by atoms with E-state index in [1.807, 2.05) is 6.92 Å². The third kappa shape index (κ3) is 3.58. The Bertz CT molecular complexity index is 570. The fourth-order valence-electron chi connectivity index (χ4n) is 2.27. The number of carbonyl (C=O) groups excluding carboxylic acids is 1. The van der Waals surface area contributed by atoms with Crippen molar-refractivity contribution in [3.05, 3.63) is 17.5 Å². The van der Waals surface area contributed by atoms with Crippen LogP contribution in [0.2, 0.25) is 5.15 Å². The number of alkyl halides is 1. The van der Waals surface area contributed by atoms with Crippen molar-refractivity contribution in [2.75, 3.05) is 13.1 Å². The van der Waals surface area contributed by atoms with E-state index in [-0.39, 0.29) is 23.2 Å². The molecule has 1 aromatic rings. The van der Waals surface area contributed by atoms with Crippen molar-refractivity contribution in [1.82, 2.24) is 14.9 Å². The van der Waals surface area contributed by atoms with Crippen LogP contribution in [-0.4, -0.2) is 51.9 Å². The molecule has 1 aromatic heterocycles. The molecule has 1 saturated carbocycles. The quantitative estimate of drug-likeness (QED) is 0.798. The van der Waals surface area contributed by atoms with E-state index in [4.69, 9.17) is 21.1 Å². The van der Waals surface area contributed by atoms with E-state index < -0.39 is 18.4 Å². The molecule has 2 aliphatic rings. The fourth-order valence-corrected chi connectivity index (χ4v) is 2.41. The SMILES string of the molecule is CC1(OC(=O)N2CC[C@H](Oc3cc(Cl)ncn3)[C@H](F)C2)CC1. The Morgan fingerprint density at radius 3 is 2.91 bits per heavy atom. The van der Waals surface area contributed by atoms with Gasteiger partial charge in [0.1, 0.15) is 23.2 Å². The maximum atomic E-state index is 14.2. The monoisotopic (exact) mass is 329 g/mol. The number of hydrogen-bond acceptors (Lipinski definition) is 5. The van der Waals surface area contributed by atoms with E-state index in [1.165, 1.54) is 17.3 Å². The molecule has 22 heavy (non-hydrogen) atoms. The van der Waals surface area contributed by atoms with E-state index in [0.29, 0.717) is 13.0 Å². The standard InChI is InChI=1S/C14H17ClFN3O3/c1-14(3-4-14)22-13(20)19-5-2-10(9(16)7-19)21-12-6-11(15)17-8-18-12/h6,8-10H,2-5,7H2,1H3/t9-,10+/m1/s1. The van der Waals surface area contributed by atoms with Gasteiger partial charge in [-0.05, 0) is 19.8 Å². The van der Waals surface area contributed by atoms with Crippen LogP contribution < -0.4 is 4.74 Å². The topological polar surface area (TPSA) is 64.5 Å². The van der Waals surface area contributed by atoms with Crippen molar-refractivity contribution >= 4 is 17.7 Å². The number of ether oxygens (including phenoxy) is 2. The van der Waals surface area contributed by atoms with E-state index >= 15 is 0 Å². The summed E-state index contributed by atoms with van der Waals surface area (Å²) in [6, 6.07) is 1.43. The predicted octanol–water partition coefficient (Wildman–Crippen LogP) is 2.61. The zero-order valence-corrected chi connectivity index (χ0v) is 12.9. The minimum atomic E-state index is -1.30. The number of carbonyl (C=O) groups is 1. The molecule has 120 valence electrons. The Balaban J connectivity index is 1.54. The summed E-state index contributed by atoms with van der Waals surface area (Å²) in [5, 5.41) is 0.235. The molecule has 1 aliphatic carbocycles. The van der Waals surface area contributed by atoms with Gasteiger partial charge in [0.05, 0.1) is 6.54 Å². The highest BCUT2D eigenvalue weighted by Gasteiger charge is 2.44. The zero-order valence-electron chi connectivity index (χ0n) is 12.2. The molecule has 8 heteroatoms. The van der Waals surface area contributed by atoms with Crippen molar-refractivity contribution in [2.45, 2.75) is 44.1 Å². The van der Waals surface area contributed by atoms with Crippen LogP contribution >= 0.6 is 11.6 Å². The third-order valence-electron chi connectivity index (χ3n) is 3.91. The first-order chi connectivity index (χ1) is 10.5. The lowest BCUT2D eigenvalue weighted by molar-refractivity contribution is 0.00225. The highest BCUT2D eigenvalue weighted by atomic mass is 35.5. The lowest BCUT2D eigenvalue weighted by Crippen LogP contribution is -2.50. The van der Waals surface area contributed by atoms with Gasteiger partial charge in [0, 0.05) is 19.0 Å². The van der Waals surface area contributed by atoms with E-state index in [0.717, 1.165) is 12.8 Å².